The molecule has 0 radical (unpaired) electrons. The van der Waals surface area contributed by atoms with Gasteiger partial charge in [-0.1, -0.05) is 60.7 Å². The number of hydrogen-bond acceptors (Lipinski definition) is 6. The zero-order valence-corrected chi connectivity index (χ0v) is 31.4. The van der Waals surface area contributed by atoms with Gasteiger partial charge in [0.15, 0.2) is 0 Å². The van der Waals surface area contributed by atoms with Crippen LogP contribution < -0.4 is 10.2 Å². The number of anilines is 2. The van der Waals surface area contributed by atoms with Crippen LogP contribution in [0.3, 0.4) is 0 Å². The van der Waals surface area contributed by atoms with Gasteiger partial charge in [0.1, 0.15) is 11.2 Å². The standard InChI is InChI=1S/C41H51FN6O3S/c1-41(2,3)46-26-24-45(25-27-46)37-32(13-9-14-33(37)42)39-48(22-16-29-10-5-4-6-11-29)38(50)35(52-39)28-36(49)44-20-18-31(19-21-44)47-23-17-30-12-7-8-15-34(30)43-40(47)51/h4-15,31,35,39H,16-28H2,1-3H3,(H,43,51)/t35-,39-/m0/s1. The number of likely N-dealkylation sites (tertiary alicyclic amines) is 1. The van der Waals surface area contributed by atoms with Gasteiger partial charge in [-0.3, -0.25) is 14.5 Å². The minimum absolute atomic E-state index is 0.0370. The summed E-state index contributed by atoms with van der Waals surface area (Å²) >= 11 is 1.48. The van der Waals surface area contributed by atoms with Gasteiger partial charge in [-0.2, -0.15) is 0 Å². The van der Waals surface area contributed by atoms with Crippen molar-refractivity contribution in [3.63, 3.8) is 0 Å². The molecule has 3 fully saturated rings. The Morgan fingerprint density at radius 2 is 1.58 bits per heavy atom. The maximum Gasteiger partial charge on any atom is 0.322 e. The SMILES string of the molecule is CC(C)(C)N1CCN(c2c(F)cccc2[C@@H]2S[C@@H](CC(=O)N3CCC(N4CCc5ccccc5NC4=O)CC3)C(=O)N2CCc2ccccc2)CC1. The van der Waals surface area contributed by atoms with Crippen molar-refractivity contribution < 1.29 is 18.8 Å². The molecule has 0 spiro atoms. The van der Waals surface area contributed by atoms with E-state index in [0.29, 0.717) is 64.2 Å². The summed E-state index contributed by atoms with van der Waals surface area (Å²) in [6.45, 7) is 11.9. The number of thioether (sulfide) groups is 1. The van der Waals surface area contributed by atoms with Crippen molar-refractivity contribution in [1.82, 2.24) is 19.6 Å². The number of piperidine rings is 1. The molecule has 0 aliphatic carbocycles. The predicted molar refractivity (Wildman–Crippen MR) is 206 cm³/mol. The average Bonchev–Trinajstić information content (AvgIpc) is 3.34. The predicted octanol–water partition coefficient (Wildman–Crippen LogP) is 6.40. The van der Waals surface area contributed by atoms with Gasteiger partial charge in [-0.15, -0.1) is 11.8 Å². The largest absolute Gasteiger partial charge is 0.366 e. The topological polar surface area (TPSA) is 79.4 Å². The number of hydrogen-bond donors (Lipinski definition) is 1. The molecule has 11 heteroatoms. The molecule has 276 valence electrons. The molecule has 4 aliphatic heterocycles. The quantitative estimate of drug-likeness (QED) is 0.290. The Hall–Kier alpha value is -4.09. The lowest BCUT2D eigenvalue weighted by Gasteiger charge is -2.43. The molecule has 3 aromatic carbocycles. The molecule has 1 N–H and O–H groups in total. The monoisotopic (exact) mass is 726 g/mol. The first kappa shape index (κ1) is 36.3. The van der Waals surface area contributed by atoms with Gasteiger partial charge in [0, 0.05) is 81.6 Å². The summed E-state index contributed by atoms with van der Waals surface area (Å²) in [7, 11) is 0. The fourth-order valence-electron chi connectivity index (χ4n) is 8.20. The first-order valence-electron chi connectivity index (χ1n) is 18.8. The Balaban J connectivity index is 1.04. The van der Waals surface area contributed by atoms with Crippen molar-refractivity contribution in [3.8, 4) is 0 Å². The van der Waals surface area contributed by atoms with E-state index in [4.69, 9.17) is 0 Å². The lowest BCUT2D eigenvalue weighted by molar-refractivity contribution is -0.136. The van der Waals surface area contributed by atoms with E-state index in [0.717, 1.165) is 41.9 Å². The van der Waals surface area contributed by atoms with Crippen LogP contribution in [-0.2, 0) is 22.4 Å². The molecular formula is C41H51FN6O3S. The van der Waals surface area contributed by atoms with Gasteiger partial charge in [-0.25, -0.2) is 9.18 Å². The lowest BCUT2D eigenvalue weighted by atomic mass is 10.0. The molecule has 3 saturated heterocycles. The van der Waals surface area contributed by atoms with Crippen molar-refractivity contribution >= 4 is 41.0 Å². The number of benzene rings is 3. The molecular weight excluding hydrogens is 676 g/mol. The lowest BCUT2D eigenvalue weighted by Crippen LogP contribution is -2.53. The summed E-state index contributed by atoms with van der Waals surface area (Å²) in [6, 6.07) is 23.2. The molecule has 4 heterocycles. The Labute approximate surface area is 311 Å². The molecule has 0 unspecified atom stereocenters. The first-order chi connectivity index (χ1) is 25.1. The Morgan fingerprint density at radius 3 is 2.31 bits per heavy atom. The van der Waals surface area contributed by atoms with E-state index in [1.165, 1.54) is 17.8 Å². The van der Waals surface area contributed by atoms with E-state index in [1.807, 2.05) is 57.2 Å². The minimum Gasteiger partial charge on any atom is -0.366 e. The third-order valence-corrected chi connectivity index (χ3v) is 12.7. The zero-order chi connectivity index (χ0) is 36.4. The first-order valence-corrected chi connectivity index (χ1v) is 19.7. The van der Waals surface area contributed by atoms with Gasteiger partial charge in [-0.05, 0) is 69.7 Å². The summed E-state index contributed by atoms with van der Waals surface area (Å²) in [5, 5.41) is 2.10. The van der Waals surface area contributed by atoms with Crippen LogP contribution in [0.2, 0.25) is 0 Å². The van der Waals surface area contributed by atoms with Crippen molar-refractivity contribution in [2.75, 3.05) is 62.6 Å². The maximum atomic E-state index is 15.9. The molecule has 0 saturated carbocycles. The molecule has 4 aliphatic rings. The Kier molecular flexibility index (Phi) is 10.8. The number of carbonyl (C=O) groups excluding carboxylic acids is 3. The van der Waals surface area contributed by atoms with Gasteiger partial charge < -0.3 is 24.9 Å². The Morgan fingerprint density at radius 1 is 0.865 bits per heavy atom. The van der Waals surface area contributed by atoms with E-state index in [-0.39, 0.29) is 41.7 Å². The number of nitrogens with one attached hydrogen (secondary N) is 1. The van der Waals surface area contributed by atoms with Gasteiger partial charge in [0.2, 0.25) is 11.8 Å². The number of urea groups is 1. The highest BCUT2D eigenvalue weighted by atomic mass is 32.2. The highest BCUT2D eigenvalue weighted by Gasteiger charge is 2.44. The third-order valence-electron chi connectivity index (χ3n) is 11.2. The van der Waals surface area contributed by atoms with Crippen LogP contribution in [0.25, 0.3) is 0 Å². The summed E-state index contributed by atoms with van der Waals surface area (Å²) in [6.07, 6.45) is 2.95. The number of amides is 4. The van der Waals surface area contributed by atoms with Crippen LogP contribution >= 0.6 is 11.8 Å². The molecule has 0 aromatic heterocycles. The smallest absolute Gasteiger partial charge is 0.322 e. The maximum absolute atomic E-state index is 15.9. The van der Waals surface area contributed by atoms with E-state index >= 15 is 4.39 Å². The van der Waals surface area contributed by atoms with Crippen molar-refractivity contribution in [2.24, 2.45) is 0 Å². The van der Waals surface area contributed by atoms with Crippen LogP contribution in [-0.4, -0.2) is 107 Å². The van der Waals surface area contributed by atoms with E-state index in [1.54, 1.807) is 6.07 Å². The second-order valence-corrected chi connectivity index (χ2v) is 16.7. The molecule has 0 bridgehead atoms. The highest BCUT2D eigenvalue weighted by Crippen LogP contribution is 2.48. The van der Waals surface area contributed by atoms with Crippen LogP contribution in [0.5, 0.6) is 0 Å². The number of piperazine rings is 1. The summed E-state index contributed by atoms with van der Waals surface area (Å²) in [5.41, 5.74) is 4.53. The molecule has 4 amide bonds. The van der Waals surface area contributed by atoms with Gasteiger partial charge >= 0.3 is 6.03 Å². The number of halogens is 1. The average molecular weight is 727 g/mol. The zero-order valence-electron chi connectivity index (χ0n) is 30.6. The number of para-hydroxylation sites is 2. The van der Waals surface area contributed by atoms with Crippen molar-refractivity contribution in [3.05, 3.63) is 95.3 Å². The fourth-order valence-corrected chi connectivity index (χ4v) is 9.70. The third kappa shape index (κ3) is 7.81. The van der Waals surface area contributed by atoms with Crippen LogP contribution in [0, 0.1) is 5.82 Å². The highest BCUT2D eigenvalue weighted by molar-refractivity contribution is 8.01. The van der Waals surface area contributed by atoms with E-state index < -0.39 is 10.6 Å². The molecule has 2 atom stereocenters. The van der Waals surface area contributed by atoms with Crippen molar-refractivity contribution in [1.29, 1.82) is 0 Å². The van der Waals surface area contributed by atoms with Crippen LogP contribution in [0.1, 0.15) is 62.1 Å². The van der Waals surface area contributed by atoms with E-state index in [9.17, 15) is 14.4 Å². The number of fused-ring (bicyclic) bond motifs is 1. The minimum atomic E-state index is -0.560. The van der Waals surface area contributed by atoms with Crippen molar-refractivity contribution in [2.45, 2.75) is 75.1 Å². The number of nitrogens with zero attached hydrogens (tertiary/aromatic N) is 5. The Bertz CT molecular complexity index is 1750. The van der Waals surface area contributed by atoms with Gasteiger partial charge in [0.25, 0.3) is 0 Å². The molecule has 7 rings (SSSR count). The summed E-state index contributed by atoms with van der Waals surface area (Å²) < 4.78 is 15.9. The normalized spacial score (nSPS) is 22.0. The molecule has 9 nitrogen and oxygen atoms in total. The number of carbonyl (C=O) groups is 3. The molecule has 52 heavy (non-hydrogen) atoms. The van der Waals surface area contributed by atoms with Crippen LogP contribution in [0.15, 0.2) is 72.8 Å². The fraction of sp³-hybridized carbons (Fsp3) is 0.488. The summed E-state index contributed by atoms with van der Waals surface area (Å²) in [4.78, 5) is 51.4. The second-order valence-electron chi connectivity index (χ2n) is 15.4. The van der Waals surface area contributed by atoms with Crippen LogP contribution in [0.4, 0.5) is 20.6 Å². The summed E-state index contributed by atoms with van der Waals surface area (Å²) in [5.74, 6) is -0.386. The number of rotatable bonds is 8. The van der Waals surface area contributed by atoms with Gasteiger partial charge in [0.05, 0.1) is 10.9 Å². The molecule has 3 aromatic rings. The second kappa shape index (κ2) is 15.5. The van der Waals surface area contributed by atoms with E-state index in [2.05, 4.69) is 54.1 Å².